The molecule has 122 valence electrons. The Labute approximate surface area is 136 Å². The zero-order valence-corrected chi connectivity index (χ0v) is 13.9. The first kappa shape index (κ1) is 16.7. The minimum atomic E-state index is -0.260. The number of urea groups is 1. The first-order chi connectivity index (χ1) is 11.0. The molecule has 2 aromatic rings. The molecule has 2 amide bonds. The van der Waals surface area contributed by atoms with E-state index in [1.165, 1.54) is 0 Å². The molecule has 2 N–H and O–H groups in total. The number of aromatic nitrogens is 2. The predicted molar refractivity (Wildman–Crippen MR) is 88.3 cm³/mol. The minimum absolute atomic E-state index is 0.169. The Balaban J connectivity index is 1.95. The second-order valence-electron chi connectivity index (χ2n) is 5.35. The normalized spacial score (nSPS) is 11.7. The van der Waals surface area contributed by atoms with Gasteiger partial charge in [-0.1, -0.05) is 6.07 Å². The van der Waals surface area contributed by atoms with Gasteiger partial charge in [-0.05, 0) is 32.9 Å². The third-order valence-electron chi connectivity index (χ3n) is 3.65. The van der Waals surface area contributed by atoms with E-state index in [0.29, 0.717) is 6.54 Å². The van der Waals surface area contributed by atoms with Crippen molar-refractivity contribution >= 4 is 6.03 Å². The standard InChI is InChI=1S/C17H22N4O2/c1-11-9-19-15(12(2)16(11)23-4)10-20-17(22)21-13(3)14-7-5-6-8-18-14/h5-9,13H,10H2,1-4H3,(H2,20,21,22). The summed E-state index contributed by atoms with van der Waals surface area (Å²) in [5, 5.41) is 5.67. The zero-order chi connectivity index (χ0) is 16.8. The van der Waals surface area contributed by atoms with Crippen LogP contribution in [0.2, 0.25) is 0 Å². The molecule has 0 fully saturated rings. The molecule has 0 bridgehead atoms. The van der Waals surface area contributed by atoms with Crippen LogP contribution in [0.25, 0.3) is 0 Å². The summed E-state index contributed by atoms with van der Waals surface area (Å²) >= 11 is 0. The third-order valence-corrected chi connectivity index (χ3v) is 3.65. The van der Waals surface area contributed by atoms with Gasteiger partial charge in [-0.15, -0.1) is 0 Å². The third kappa shape index (κ3) is 4.18. The monoisotopic (exact) mass is 314 g/mol. The average molecular weight is 314 g/mol. The number of hydrogen-bond acceptors (Lipinski definition) is 4. The van der Waals surface area contributed by atoms with Gasteiger partial charge in [0.05, 0.1) is 31.1 Å². The number of rotatable bonds is 5. The number of ether oxygens (including phenoxy) is 1. The second-order valence-corrected chi connectivity index (χ2v) is 5.35. The van der Waals surface area contributed by atoms with Gasteiger partial charge in [0.15, 0.2) is 0 Å². The van der Waals surface area contributed by atoms with Crippen LogP contribution in [0.4, 0.5) is 4.79 Å². The maximum absolute atomic E-state index is 12.0. The highest BCUT2D eigenvalue weighted by Crippen LogP contribution is 2.23. The van der Waals surface area contributed by atoms with Gasteiger partial charge in [0.2, 0.25) is 0 Å². The summed E-state index contributed by atoms with van der Waals surface area (Å²) in [5.41, 5.74) is 3.51. The number of amides is 2. The molecule has 6 heteroatoms. The number of methoxy groups -OCH3 is 1. The fraction of sp³-hybridized carbons (Fsp3) is 0.353. The molecule has 2 aromatic heterocycles. The summed E-state index contributed by atoms with van der Waals surface area (Å²) in [7, 11) is 1.63. The van der Waals surface area contributed by atoms with Gasteiger partial charge in [0, 0.05) is 23.5 Å². The van der Waals surface area contributed by atoms with E-state index in [1.54, 1.807) is 19.5 Å². The number of carbonyl (C=O) groups excluding carboxylic acids is 1. The maximum Gasteiger partial charge on any atom is 0.315 e. The Morgan fingerprint density at radius 1 is 1.30 bits per heavy atom. The average Bonchev–Trinajstić information content (AvgIpc) is 2.55. The van der Waals surface area contributed by atoms with E-state index in [2.05, 4.69) is 20.6 Å². The van der Waals surface area contributed by atoms with Crippen molar-refractivity contribution in [3.63, 3.8) is 0 Å². The van der Waals surface area contributed by atoms with Crippen molar-refractivity contribution in [2.45, 2.75) is 33.4 Å². The summed E-state index contributed by atoms with van der Waals surface area (Å²) < 4.78 is 5.37. The van der Waals surface area contributed by atoms with Crippen molar-refractivity contribution in [3.8, 4) is 5.75 Å². The topological polar surface area (TPSA) is 76.1 Å². The molecule has 1 atom stereocenters. The van der Waals surface area contributed by atoms with Crippen LogP contribution in [0.3, 0.4) is 0 Å². The van der Waals surface area contributed by atoms with Gasteiger partial charge in [-0.2, -0.15) is 0 Å². The molecule has 1 unspecified atom stereocenters. The maximum atomic E-state index is 12.0. The van der Waals surface area contributed by atoms with Crippen molar-refractivity contribution < 1.29 is 9.53 Å². The highest BCUT2D eigenvalue weighted by molar-refractivity contribution is 5.74. The van der Waals surface area contributed by atoms with Crippen LogP contribution >= 0.6 is 0 Å². The fourth-order valence-electron chi connectivity index (χ4n) is 2.37. The van der Waals surface area contributed by atoms with Gasteiger partial charge in [-0.3, -0.25) is 9.97 Å². The highest BCUT2D eigenvalue weighted by atomic mass is 16.5. The van der Waals surface area contributed by atoms with E-state index in [9.17, 15) is 4.79 Å². The lowest BCUT2D eigenvalue weighted by molar-refractivity contribution is 0.237. The Morgan fingerprint density at radius 3 is 2.74 bits per heavy atom. The number of carbonyl (C=O) groups is 1. The Morgan fingerprint density at radius 2 is 2.09 bits per heavy atom. The molecule has 0 aliphatic heterocycles. The van der Waals surface area contributed by atoms with Gasteiger partial charge in [-0.25, -0.2) is 4.79 Å². The van der Waals surface area contributed by atoms with Crippen molar-refractivity contribution in [2.24, 2.45) is 0 Å². The molecule has 0 aliphatic rings. The first-order valence-electron chi connectivity index (χ1n) is 7.47. The molecule has 6 nitrogen and oxygen atoms in total. The molecule has 0 spiro atoms. The zero-order valence-electron chi connectivity index (χ0n) is 13.9. The fourth-order valence-corrected chi connectivity index (χ4v) is 2.37. The molecule has 0 radical (unpaired) electrons. The smallest absolute Gasteiger partial charge is 0.315 e. The predicted octanol–water partition coefficient (Wildman–Crippen LogP) is 2.66. The summed E-state index contributed by atoms with van der Waals surface area (Å²) in [4.78, 5) is 20.6. The van der Waals surface area contributed by atoms with E-state index >= 15 is 0 Å². The molecule has 0 saturated heterocycles. The lowest BCUT2D eigenvalue weighted by Gasteiger charge is -2.15. The molecule has 0 aliphatic carbocycles. The largest absolute Gasteiger partial charge is 0.496 e. The van der Waals surface area contributed by atoms with E-state index < -0.39 is 0 Å². The quantitative estimate of drug-likeness (QED) is 0.889. The van der Waals surface area contributed by atoms with Gasteiger partial charge >= 0.3 is 6.03 Å². The van der Waals surface area contributed by atoms with Crippen LogP contribution in [-0.4, -0.2) is 23.1 Å². The first-order valence-corrected chi connectivity index (χ1v) is 7.47. The lowest BCUT2D eigenvalue weighted by Crippen LogP contribution is -2.37. The summed E-state index contributed by atoms with van der Waals surface area (Å²) in [6.07, 6.45) is 3.45. The molecular formula is C17H22N4O2. The summed E-state index contributed by atoms with van der Waals surface area (Å²) in [6, 6.07) is 5.18. The summed E-state index contributed by atoms with van der Waals surface area (Å²) in [6.45, 7) is 6.10. The number of nitrogens with zero attached hydrogens (tertiary/aromatic N) is 2. The van der Waals surface area contributed by atoms with Gasteiger partial charge in [0.1, 0.15) is 5.75 Å². The van der Waals surface area contributed by atoms with Gasteiger partial charge < -0.3 is 15.4 Å². The van der Waals surface area contributed by atoms with Crippen LogP contribution in [0.5, 0.6) is 5.75 Å². The van der Waals surface area contributed by atoms with Crippen LogP contribution < -0.4 is 15.4 Å². The number of aryl methyl sites for hydroxylation is 1. The van der Waals surface area contributed by atoms with Crippen LogP contribution in [-0.2, 0) is 6.54 Å². The Hall–Kier alpha value is -2.63. The molecule has 0 saturated carbocycles. The lowest BCUT2D eigenvalue weighted by atomic mass is 10.1. The minimum Gasteiger partial charge on any atom is -0.496 e. The number of pyridine rings is 2. The van der Waals surface area contributed by atoms with Crippen LogP contribution in [0, 0.1) is 13.8 Å². The molecule has 0 aromatic carbocycles. The Bertz CT molecular complexity index is 674. The number of hydrogen-bond donors (Lipinski definition) is 2. The number of nitrogens with one attached hydrogen (secondary N) is 2. The molecule has 2 heterocycles. The van der Waals surface area contributed by atoms with Crippen molar-refractivity contribution in [2.75, 3.05) is 7.11 Å². The van der Waals surface area contributed by atoms with Crippen LogP contribution in [0.1, 0.15) is 35.5 Å². The molecular weight excluding hydrogens is 292 g/mol. The van der Waals surface area contributed by atoms with Crippen molar-refractivity contribution in [3.05, 3.63) is 53.1 Å². The van der Waals surface area contributed by atoms with Gasteiger partial charge in [0.25, 0.3) is 0 Å². The van der Waals surface area contributed by atoms with E-state index in [1.807, 2.05) is 39.0 Å². The second kappa shape index (κ2) is 7.58. The summed E-state index contributed by atoms with van der Waals surface area (Å²) in [5.74, 6) is 0.805. The van der Waals surface area contributed by atoms with Crippen LogP contribution in [0.15, 0.2) is 30.6 Å². The molecule has 23 heavy (non-hydrogen) atoms. The van der Waals surface area contributed by atoms with E-state index in [4.69, 9.17) is 4.74 Å². The molecule has 2 rings (SSSR count). The van der Waals surface area contributed by atoms with E-state index in [-0.39, 0.29) is 12.1 Å². The van der Waals surface area contributed by atoms with E-state index in [0.717, 1.165) is 28.3 Å². The SMILES string of the molecule is COc1c(C)cnc(CNC(=O)NC(C)c2ccccn2)c1C. The highest BCUT2D eigenvalue weighted by Gasteiger charge is 2.12. The van der Waals surface area contributed by atoms with Crippen molar-refractivity contribution in [1.82, 2.24) is 20.6 Å². The van der Waals surface area contributed by atoms with Crippen molar-refractivity contribution in [1.29, 1.82) is 0 Å². The Kier molecular flexibility index (Phi) is 5.51.